The Kier molecular flexibility index (Phi) is 4.21. The van der Waals surface area contributed by atoms with Gasteiger partial charge < -0.3 is 14.8 Å². The fourth-order valence-electron chi connectivity index (χ4n) is 3.60. The van der Waals surface area contributed by atoms with Crippen LogP contribution in [0.4, 0.5) is 0 Å². The zero-order chi connectivity index (χ0) is 17.3. The Labute approximate surface area is 147 Å². The number of fused-ring (bicyclic) bond motifs is 1. The topological polar surface area (TPSA) is 65.4 Å². The normalized spacial score (nSPS) is 18.4. The highest BCUT2D eigenvalue weighted by Crippen LogP contribution is 2.34. The maximum atomic E-state index is 12.5. The number of carbonyl (C=O) groups excluding carboxylic acids is 1. The average Bonchev–Trinajstić information content (AvgIpc) is 3.23. The van der Waals surface area contributed by atoms with E-state index in [1.165, 1.54) is 11.1 Å². The molecule has 2 aromatic rings. The van der Waals surface area contributed by atoms with Crippen LogP contribution in [-0.4, -0.2) is 42.1 Å². The van der Waals surface area contributed by atoms with Crippen molar-refractivity contribution >= 4 is 5.91 Å². The Bertz CT molecular complexity index is 739. The van der Waals surface area contributed by atoms with Gasteiger partial charge in [-0.25, -0.2) is 4.68 Å². The Morgan fingerprint density at radius 2 is 2.00 bits per heavy atom. The fraction of sp³-hybridized carbons (Fsp3) is 0.474. The van der Waals surface area contributed by atoms with Gasteiger partial charge in [-0.05, 0) is 25.3 Å². The van der Waals surface area contributed by atoms with E-state index < -0.39 is 0 Å². The smallest absolute Gasteiger partial charge is 0.271 e. The first-order chi connectivity index (χ1) is 12.2. The third kappa shape index (κ3) is 3.14. The first-order valence-electron chi connectivity index (χ1n) is 8.80. The molecule has 1 amide bonds. The van der Waals surface area contributed by atoms with Gasteiger partial charge in [0.15, 0.2) is 5.69 Å². The Hall–Kier alpha value is -2.34. The van der Waals surface area contributed by atoms with Crippen LogP contribution in [0.1, 0.15) is 34.5 Å². The molecule has 0 bridgehead atoms. The molecule has 0 spiro atoms. The van der Waals surface area contributed by atoms with Gasteiger partial charge in [0.25, 0.3) is 5.91 Å². The average molecular weight is 341 g/mol. The predicted molar refractivity (Wildman–Crippen MR) is 93.0 cm³/mol. The van der Waals surface area contributed by atoms with Crippen LogP contribution in [0.15, 0.2) is 30.3 Å². The summed E-state index contributed by atoms with van der Waals surface area (Å²) in [6.07, 6.45) is 1.80. The molecule has 4 rings (SSSR count). The summed E-state index contributed by atoms with van der Waals surface area (Å²) in [6.45, 7) is 5.43. The second-order valence-electron chi connectivity index (χ2n) is 6.88. The minimum atomic E-state index is -0.150. The van der Waals surface area contributed by atoms with Crippen molar-refractivity contribution in [1.82, 2.24) is 15.1 Å². The summed E-state index contributed by atoms with van der Waals surface area (Å²) in [5.74, 6) is 0.521. The van der Waals surface area contributed by atoms with Gasteiger partial charge in [-0.3, -0.25) is 4.79 Å². The van der Waals surface area contributed by atoms with Crippen molar-refractivity contribution in [1.29, 1.82) is 0 Å². The molecular formula is C19H23N3O3. The maximum Gasteiger partial charge on any atom is 0.271 e. The van der Waals surface area contributed by atoms with Gasteiger partial charge in [-0.1, -0.05) is 29.8 Å². The number of aryl methyl sites for hydroxylation is 1. The zero-order valence-electron chi connectivity index (χ0n) is 14.5. The van der Waals surface area contributed by atoms with Crippen molar-refractivity contribution in [2.45, 2.75) is 31.7 Å². The standard InChI is InChI=1S/C19H23N3O3/c1-14-2-4-15(5-3-14)19(6-9-24-10-7-19)13-20-18(23)16-12-17-22(21-16)8-11-25-17/h2-5,12H,6-11,13H2,1H3,(H,20,23). The molecule has 2 aliphatic rings. The lowest BCUT2D eigenvalue weighted by Gasteiger charge is -2.38. The van der Waals surface area contributed by atoms with E-state index in [1.807, 2.05) is 0 Å². The number of carbonyl (C=O) groups is 1. The molecule has 0 saturated carbocycles. The van der Waals surface area contributed by atoms with E-state index in [9.17, 15) is 4.79 Å². The second-order valence-corrected chi connectivity index (χ2v) is 6.88. The number of aromatic nitrogens is 2. The lowest BCUT2D eigenvalue weighted by atomic mass is 9.74. The molecule has 6 heteroatoms. The number of nitrogens with zero attached hydrogens (tertiary/aromatic N) is 2. The van der Waals surface area contributed by atoms with E-state index in [1.54, 1.807) is 10.7 Å². The van der Waals surface area contributed by atoms with E-state index in [0.29, 0.717) is 31.3 Å². The molecule has 6 nitrogen and oxygen atoms in total. The van der Waals surface area contributed by atoms with Crippen molar-refractivity contribution in [3.8, 4) is 5.88 Å². The lowest BCUT2D eigenvalue weighted by Crippen LogP contribution is -2.44. The molecule has 2 aliphatic heterocycles. The Morgan fingerprint density at radius 3 is 2.72 bits per heavy atom. The quantitative estimate of drug-likeness (QED) is 0.924. The molecule has 3 heterocycles. The van der Waals surface area contributed by atoms with Gasteiger partial charge >= 0.3 is 0 Å². The first kappa shape index (κ1) is 16.1. The molecular weight excluding hydrogens is 318 g/mol. The van der Waals surface area contributed by atoms with Crippen molar-refractivity contribution in [3.63, 3.8) is 0 Å². The first-order valence-corrected chi connectivity index (χ1v) is 8.80. The minimum Gasteiger partial charge on any atom is -0.476 e. The number of rotatable bonds is 4. The highest BCUT2D eigenvalue weighted by Gasteiger charge is 2.35. The van der Waals surface area contributed by atoms with Crippen molar-refractivity contribution in [3.05, 3.63) is 47.2 Å². The summed E-state index contributed by atoms with van der Waals surface area (Å²) in [5, 5.41) is 7.40. The Balaban J connectivity index is 1.50. The van der Waals surface area contributed by atoms with Crippen LogP contribution in [-0.2, 0) is 16.7 Å². The summed E-state index contributed by atoms with van der Waals surface area (Å²) < 4.78 is 12.7. The summed E-state index contributed by atoms with van der Waals surface area (Å²) in [5.41, 5.74) is 2.83. The maximum absolute atomic E-state index is 12.5. The molecule has 25 heavy (non-hydrogen) atoms. The SMILES string of the molecule is Cc1ccc(C2(CNC(=O)c3cc4n(n3)CCO4)CCOCC2)cc1. The number of amides is 1. The van der Waals surface area contributed by atoms with E-state index in [-0.39, 0.29) is 11.3 Å². The molecule has 0 radical (unpaired) electrons. The molecule has 0 atom stereocenters. The monoisotopic (exact) mass is 341 g/mol. The van der Waals surface area contributed by atoms with E-state index >= 15 is 0 Å². The largest absolute Gasteiger partial charge is 0.476 e. The minimum absolute atomic E-state index is 0.0828. The van der Waals surface area contributed by atoms with Crippen LogP contribution in [0.2, 0.25) is 0 Å². The van der Waals surface area contributed by atoms with Crippen LogP contribution in [0.25, 0.3) is 0 Å². The van der Waals surface area contributed by atoms with Gasteiger partial charge in [0.1, 0.15) is 6.61 Å². The van der Waals surface area contributed by atoms with E-state index in [2.05, 4.69) is 41.6 Å². The van der Waals surface area contributed by atoms with Crippen LogP contribution in [0.3, 0.4) is 0 Å². The van der Waals surface area contributed by atoms with Crippen LogP contribution < -0.4 is 10.1 Å². The third-order valence-electron chi connectivity index (χ3n) is 5.23. The molecule has 1 saturated heterocycles. The number of benzene rings is 1. The van der Waals surface area contributed by atoms with Crippen molar-refractivity contribution in [2.75, 3.05) is 26.4 Å². The molecule has 1 N–H and O–H groups in total. The number of hydrogen-bond donors (Lipinski definition) is 1. The summed E-state index contributed by atoms with van der Waals surface area (Å²) in [7, 11) is 0. The zero-order valence-corrected chi connectivity index (χ0v) is 14.5. The molecule has 1 fully saturated rings. The highest BCUT2D eigenvalue weighted by atomic mass is 16.5. The van der Waals surface area contributed by atoms with Crippen LogP contribution in [0.5, 0.6) is 5.88 Å². The summed E-state index contributed by atoms with van der Waals surface area (Å²) >= 11 is 0. The highest BCUT2D eigenvalue weighted by molar-refractivity contribution is 5.92. The van der Waals surface area contributed by atoms with Crippen molar-refractivity contribution in [2.24, 2.45) is 0 Å². The van der Waals surface area contributed by atoms with Gasteiger partial charge in [0.2, 0.25) is 5.88 Å². The predicted octanol–water partition coefficient (Wildman–Crippen LogP) is 2.06. The van der Waals surface area contributed by atoms with Gasteiger partial charge in [0.05, 0.1) is 6.54 Å². The number of ether oxygens (including phenoxy) is 2. The van der Waals surface area contributed by atoms with Crippen LogP contribution >= 0.6 is 0 Å². The van der Waals surface area contributed by atoms with E-state index in [0.717, 1.165) is 26.1 Å². The van der Waals surface area contributed by atoms with E-state index in [4.69, 9.17) is 9.47 Å². The third-order valence-corrected chi connectivity index (χ3v) is 5.23. The molecule has 1 aromatic carbocycles. The lowest BCUT2D eigenvalue weighted by molar-refractivity contribution is 0.0486. The molecule has 132 valence electrons. The van der Waals surface area contributed by atoms with Gasteiger partial charge in [-0.2, -0.15) is 5.10 Å². The summed E-state index contributed by atoms with van der Waals surface area (Å²) in [4.78, 5) is 12.5. The van der Waals surface area contributed by atoms with Crippen molar-refractivity contribution < 1.29 is 14.3 Å². The van der Waals surface area contributed by atoms with Crippen LogP contribution in [0, 0.1) is 6.92 Å². The number of nitrogens with one attached hydrogen (secondary N) is 1. The summed E-state index contributed by atoms with van der Waals surface area (Å²) in [6, 6.07) is 10.3. The molecule has 0 aliphatic carbocycles. The fourth-order valence-corrected chi connectivity index (χ4v) is 3.60. The Morgan fingerprint density at radius 1 is 1.24 bits per heavy atom. The van der Waals surface area contributed by atoms with Gasteiger partial charge in [-0.15, -0.1) is 0 Å². The molecule has 0 unspecified atom stereocenters. The second kappa shape index (κ2) is 6.52. The van der Waals surface area contributed by atoms with Gasteiger partial charge in [0, 0.05) is 31.2 Å². The number of hydrogen-bond acceptors (Lipinski definition) is 4. The molecule has 1 aromatic heterocycles.